The lowest BCUT2D eigenvalue weighted by Crippen LogP contribution is -2.36. The Morgan fingerprint density at radius 3 is 2.69 bits per heavy atom. The topological polar surface area (TPSA) is 78.2 Å². The molecule has 0 spiro atoms. The Morgan fingerprint density at radius 1 is 1.24 bits per heavy atom. The van der Waals surface area contributed by atoms with Gasteiger partial charge in [0.1, 0.15) is 6.54 Å². The van der Waals surface area contributed by atoms with Gasteiger partial charge in [0.15, 0.2) is 5.65 Å². The van der Waals surface area contributed by atoms with Gasteiger partial charge in [0.05, 0.1) is 11.6 Å². The summed E-state index contributed by atoms with van der Waals surface area (Å²) in [5.41, 5.74) is 2.34. The normalized spacial score (nSPS) is 16.4. The molecule has 0 radical (unpaired) electrons. The molecule has 0 aliphatic carbocycles. The van der Waals surface area contributed by atoms with Crippen LogP contribution in [0.25, 0.3) is 22.3 Å². The summed E-state index contributed by atoms with van der Waals surface area (Å²) >= 11 is 12.2. The summed E-state index contributed by atoms with van der Waals surface area (Å²) in [5.74, 6) is -0.248. The first-order valence-corrected chi connectivity index (χ1v) is 10.1. The van der Waals surface area contributed by atoms with Crippen LogP contribution in [0.4, 0.5) is 0 Å². The number of fused-ring (bicyclic) bond motifs is 1. The van der Waals surface area contributed by atoms with Crippen LogP contribution in [0.1, 0.15) is 12.8 Å². The molecule has 1 fully saturated rings. The number of imidazole rings is 1. The van der Waals surface area contributed by atoms with Gasteiger partial charge in [-0.15, -0.1) is 0 Å². The van der Waals surface area contributed by atoms with E-state index in [0.717, 1.165) is 30.6 Å². The fourth-order valence-electron chi connectivity index (χ4n) is 3.53. The molecular weight excluding hydrogens is 415 g/mol. The molecule has 1 amide bonds. The van der Waals surface area contributed by atoms with Gasteiger partial charge in [-0.2, -0.15) is 0 Å². The third kappa shape index (κ3) is 4.17. The monoisotopic (exact) mass is 434 g/mol. The van der Waals surface area contributed by atoms with Gasteiger partial charge in [0.2, 0.25) is 5.91 Å². The number of pyridine rings is 1. The molecule has 1 N–H and O–H groups in total. The quantitative estimate of drug-likeness (QED) is 0.669. The molecule has 1 saturated heterocycles. The Balaban J connectivity index is 1.61. The first-order valence-electron chi connectivity index (χ1n) is 9.32. The molecule has 0 saturated carbocycles. The summed E-state index contributed by atoms with van der Waals surface area (Å²) in [7, 11) is 1.65. The standard InChI is InChI=1S/C20H20Cl2N4O3/c1-25-17-7-13(12-5-14(21)8-15(22)6-12)9-24-19(17)26(20(25)28)11-18(27)23-10-16-3-2-4-29-16/h5-9,16H,2-4,10-11H2,1H3,(H,23,27). The molecule has 1 aliphatic rings. The predicted molar refractivity (Wildman–Crippen MR) is 112 cm³/mol. The highest BCUT2D eigenvalue weighted by molar-refractivity contribution is 6.35. The number of ether oxygens (including phenoxy) is 1. The molecule has 3 aromatic rings. The van der Waals surface area contributed by atoms with E-state index in [1.54, 1.807) is 31.4 Å². The first-order chi connectivity index (χ1) is 13.9. The summed E-state index contributed by atoms with van der Waals surface area (Å²) in [5, 5.41) is 3.87. The second-order valence-corrected chi connectivity index (χ2v) is 7.96. The number of nitrogens with one attached hydrogen (secondary N) is 1. The van der Waals surface area contributed by atoms with Crippen molar-refractivity contribution in [3.63, 3.8) is 0 Å². The van der Waals surface area contributed by atoms with Crippen molar-refractivity contribution in [3.05, 3.63) is 51.0 Å². The van der Waals surface area contributed by atoms with Crippen LogP contribution in [0.3, 0.4) is 0 Å². The number of benzene rings is 1. The van der Waals surface area contributed by atoms with Gasteiger partial charge in [-0.1, -0.05) is 23.2 Å². The van der Waals surface area contributed by atoms with E-state index in [0.29, 0.717) is 27.8 Å². The highest BCUT2D eigenvalue weighted by atomic mass is 35.5. The van der Waals surface area contributed by atoms with E-state index in [9.17, 15) is 9.59 Å². The smallest absolute Gasteiger partial charge is 0.330 e. The maximum Gasteiger partial charge on any atom is 0.330 e. The number of carbonyl (C=O) groups is 1. The Kier molecular flexibility index (Phi) is 5.63. The zero-order valence-corrected chi connectivity index (χ0v) is 17.3. The van der Waals surface area contributed by atoms with E-state index in [1.807, 2.05) is 6.07 Å². The van der Waals surface area contributed by atoms with Gasteiger partial charge in [0.25, 0.3) is 0 Å². The number of aryl methyl sites for hydroxylation is 1. The molecule has 4 rings (SSSR count). The van der Waals surface area contributed by atoms with Gasteiger partial charge in [0, 0.05) is 42.0 Å². The lowest BCUT2D eigenvalue weighted by atomic mass is 10.1. The van der Waals surface area contributed by atoms with Crippen LogP contribution in [0.2, 0.25) is 10.0 Å². The summed E-state index contributed by atoms with van der Waals surface area (Å²) < 4.78 is 8.35. The number of halogens is 2. The van der Waals surface area contributed by atoms with Gasteiger partial charge in [-0.05, 0) is 42.7 Å². The number of nitrogens with zero attached hydrogens (tertiary/aromatic N) is 3. The molecule has 152 valence electrons. The summed E-state index contributed by atoms with van der Waals surface area (Å²) in [6.07, 6.45) is 3.64. The fourth-order valence-corrected chi connectivity index (χ4v) is 4.05. The summed E-state index contributed by atoms with van der Waals surface area (Å²) in [6, 6.07) is 7.06. The van der Waals surface area contributed by atoms with E-state index in [1.165, 1.54) is 9.13 Å². The highest BCUT2D eigenvalue weighted by Gasteiger charge is 2.19. The average Bonchev–Trinajstić information content (AvgIpc) is 3.29. The summed E-state index contributed by atoms with van der Waals surface area (Å²) in [6.45, 7) is 1.08. The third-order valence-electron chi connectivity index (χ3n) is 5.03. The SMILES string of the molecule is Cn1c(=O)n(CC(=O)NCC2CCCO2)c2ncc(-c3cc(Cl)cc(Cl)c3)cc21. The number of rotatable bonds is 5. The first kappa shape index (κ1) is 19.9. The molecule has 1 atom stereocenters. The van der Waals surface area contributed by atoms with Gasteiger partial charge in [-0.25, -0.2) is 9.78 Å². The molecule has 9 heteroatoms. The molecule has 2 aromatic heterocycles. The van der Waals surface area contributed by atoms with E-state index in [2.05, 4.69) is 10.3 Å². The van der Waals surface area contributed by atoms with Crippen molar-refractivity contribution in [2.75, 3.05) is 13.2 Å². The molecule has 1 unspecified atom stereocenters. The maximum absolute atomic E-state index is 12.7. The van der Waals surface area contributed by atoms with Gasteiger partial charge in [-0.3, -0.25) is 13.9 Å². The zero-order chi connectivity index (χ0) is 20.5. The lowest BCUT2D eigenvalue weighted by Gasteiger charge is -2.11. The van der Waals surface area contributed by atoms with E-state index >= 15 is 0 Å². The van der Waals surface area contributed by atoms with Crippen molar-refractivity contribution in [2.45, 2.75) is 25.5 Å². The molecule has 3 heterocycles. The van der Waals surface area contributed by atoms with Gasteiger partial charge < -0.3 is 10.1 Å². The molecule has 1 aromatic carbocycles. The number of hydrogen-bond donors (Lipinski definition) is 1. The van der Waals surface area contributed by atoms with Crippen molar-refractivity contribution in [2.24, 2.45) is 7.05 Å². The minimum Gasteiger partial charge on any atom is -0.376 e. The number of hydrogen-bond acceptors (Lipinski definition) is 4. The molecule has 0 bridgehead atoms. The van der Waals surface area contributed by atoms with Crippen LogP contribution >= 0.6 is 23.2 Å². The largest absolute Gasteiger partial charge is 0.376 e. The van der Waals surface area contributed by atoms with Crippen molar-refractivity contribution >= 4 is 40.3 Å². The second-order valence-electron chi connectivity index (χ2n) is 7.09. The minimum absolute atomic E-state index is 0.0494. The second kappa shape index (κ2) is 8.18. The van der Waals surface area contributed by atoms with Crippen LogP contribution in [-0.2, 0) is 23.1 Å². The Labute approximate surface area is 177 Å². The minimum atomic E-state index is -0.305. The van der Waals surface area contributed by atoms with Crippen LogP contribution in [-0.4, -0.2) is 39.3 Å². The Morgan fingerprint density at radius 2 is 2.00 bits per heavy atom. The molecule has 29 heavy (non-hydrogen) atoms. The van der Waals surface area contributed by atoms with Crippen LogP contribution < -0.4 is 11.0 Å². The third-order valence-corrected chi connectivity index (χ3v) is 5.47. The number of amides is 1. The van der Waals surface area contributed by atoms with Crippen LogP contribution in [0.15, 0.2) is 35.3 Å². The molecular formula is C20H20Cl2N4O3. The van der Waals surface area contributed by atoms with Crippen molar-refractivity contribution < 1.29 is 9.53 Å². The van der Waals surface area contributed by atoms with E-state index < -0.39 is 0 Å². The Hall–Kier alpha value is -2.35. The predicted octanol–water partition coefficient (Wildman–Crippen LogP) is 3.00. The van der Waals surface area contributed by atoms with Crippen molar-refractivity contribution in [3.8, 4) is 11.1 Å². The van der Waals surface area contributed by atoms with Crippen LogP contribution in [0, 0.1) is 0 Å². The number of carbonyl (C=O) groups excluding carboxylic acids is 1. The van der Waals surface area contributed by atoms with E-state index in [4.69, 9.17) is 27.9 Å². The highest BCUT2D eigenvalue weighted by Crippen LogP contribution is 2.28. The average molecular weight is 435 g/mol. The molecule has 7 nitrogen and oxygen atoms in total. The maximum atomic E-state index is 12.7. The van der Waals surface area contributed by atoms with Crippen LogP contribution in [0.5, 0.6) is 0 Å². The van der Waals surface area contributed by atoms with Gasteiger partial charge >= 0.3 is 5.69 Å². The number of aromatic nitrogens is 3. The van der Waals surface area contributed by atoms with Crippen molar-refractivity contribution in [1.82, 2.24) is 19.4 Å². The van der Waals surface area contributed by atoms with Crippen molar-refractivity contribution in [1.29, 1.82) is 0 Å². The zero-order valence-electron chi connectivity index (χ0n) is 15.8. The summed E-state index contributed by atoms with van der Waals surface area (Å²) in [4.78, 5) is 29.5. The Bertz CT molecular complexity index is 1110. The molecule has 1 aliphatic heterocycles. The lowest BCUT2D eigenvalue weighted by molar-refractivity contribution is -0.122. The van der Waals surface area contributed by atoms with E-state index in [-0.39, 0.29) is 24.2 Å². The fraction of sp³-hybridized carbons (Fsp3) is 0.350.